The van der Waals surface area contributed by atoms with Crippen LogP contribution in [-0.4, -0.2) is 34.5 Å². The summed E-state index contributed by atoms with van der Waals surface area (Å²) in [7, 11) is 0. The van der Waals surface area contributed by atoms with Crippen LogP contribution in [-0.2, 0) is 4.79 Å². The molecule has 1 aromatic rings. The van der Waals surface area contributed by atoms with E-state index in [1.165, 1.54) is 0 Å². The number of carbonyl (C=O) groups is 2. The third-order valence-corrected chi connectivity index (χ3v) is 4.54. The van der Waals surface area contributed by atoms with Gasteiger partial charge in [-0.05, 0) is 32.8 Å². The van der Waals surface area contributed by atoms with Crippen molar-refractivity contribution in [3.05, 3.63) is 21.4 Å². The number of hydrogen-bond donors (Lipinski definition) is 1. The lowest BCUT2D eigenvalue weighted by atomic mass is 10.1. The lowest BCUT2D eigenvalue weighted by Crippen LogP contribution is -2.44. The topological polar surface area (TPSA) is 57.6 Å². The van der Waals surface area contributed by atoms with Gasteiger partial charge in [-0.3, -0.25) is 4.79 Å². The molecule has 2 rings (SSSR count). The molecule has 0 spiro atoms. The number of carboxylic acids is 1. The van der Waals surface area contributed by atoms with Crippen LogP contribution in [0.5, 0.6) is 0 Å². The molecule has 0 radical (unpaired) electrons. The molecule has 1 amide bonds. The fraction of sp³-hybridized carbons (Fsp3) is 0.571. The average molecular weight is 281 g/mol. The van der Waals surface area contributed by atoms with Crippen LogP contribution in [0.25, 0.3) is 0 Å². The van der Waals surface area contributed by atoms with Crippen molar-refractivity contribution in [3.8, 4) is 0 Å². The zero-order valence-corrected chi connectivity index (χ0v) is 12.1. The highest BCUT2D eigenvalue weighted by Gasteiger charge is 2.32. The zero-order chi connectivity index (χ0) is 14.0. The van der Waals surface area contributed by atoms with Gasteiger partial charge in [0, 0.05) is 16.3 Å². The average Bonchev–Trinajstić information content (AvgIpc) is 2.57. The Morgan fingerprint density at radius 2 is 2.05 bits per heavy atom. The van der Waals surface area contributed by atoms with E-state index in [9.17, 15) is 14.7 Å². The summed E-state index contributed by atoms with van der Waals surface area (Å²) in [6, 6.07) is 1.20. The van der Waals surface area contributed by atoms with Gasteiger partial charge in [-0.25, -0.2) is 4.79 Å². The second-order valence-corrected chi connectivity index (χ2v) is 6.49. The van der Waals surface area contributed by atoms with Crippen molar-refractivity contribution < 1.29 is 14.7 Å². The molecule has 1 atom stereocenters. The number of aliphatic carboxylic acids is 1. The molecular formula is C14H19NO3S. The molecule has 1 fully saturated rings. The summed E-state index contributed by atoms with van der Waals surface area (Å²) in [6.45, 7) is 4.42. The Labute approximate surface area is 117 Å². The minimum absolute atomic E-state index is 0.129. The Morgan fingerprint density at radius 3 is 2.63 bits per heavy atom. The third-order valence-electron chi connectivity index (χ3n) is 3.57. The minimum Gasteiger partial charge on any atom is -0.480 e. The van der Waals surface area contributed by atoms with Crippen LogP contribution in [0.3, 0.4) is 0 Å². The number of aryl methyl sites for hydroxylation is 2. The number of amides is 1. The standard InChI is InChI=1S/C14H19NO3S/c1-9-8-11(10(2)19-9)13(16)15-7-5-3-4-6-12(15)14(17)18/h8,12H,3-7H2,1-2H3,(H,17,18). The Bertz CT molecular complexity index is 495. The van der Waals surface area contributed by atoms with Crippen LogP contribution < -0.4 is 0 Å². The first-order valence-corrected chi connectivity index (χ1v) is 7.43. The van der Waals surface area contributed by atoms with Crippen molar-refractivity contribution in [1.82, 2.24) is 4.90 Å². The number of carboxylic acid groups (broad SMARTS) is 1. The van der Waals surface area contributed by atoms with Crippen molar-refractivity contribution in [2.24, 2.45) is 0 Å². The predicted octanol–water partition coefficient (Wildman–Crippen LogP) is 2.83. The van der Waals surface area contributed by atoms with E-state index < -0.39 is 12.0 Å². The van der Waals surface area contributed by atoms with Crippen molar-refractivity contribution in [2.75, 3.05) is 6.54 Å². The monoisotopic (exact) mass is 281 g/mol. The maximum atomic E-state index is 12.6. The fourth-order valence-electron chi connectivity index (χ4n) is 2.61. The van der Waals surface area contributed by atoms with Crippen molar-refractivity contribution in [1.29, 1.82) is 0 Å². The van der Waals surface area contributed by atoms with Crippen LogP contribution in [0.1, 0.15) is 45.8 Å². The summed E-state index contributed by atoms with van der Waals surface area (Å²) >= 11 is 1.58. The van der Waals surface area contributed by atoms with Crippen LogP contribution in [0.4, 0.5) is 0 Å². The summed E-state index contributed by atoms with van der Waals surface area (Å²) < 4.78 is 0. The fourth-order valence-corrected chi connectivity index (χ4v) is 3.52. The molecule has 1 N–H and O–H groups in total. The Morgan fingerprint density at radius 1 is 1.32 bits per heavy atom. The van der Waals surface area contributed by atoms with Gasteiger partial charge in [0.2, 0.25) is 0 Å². The Hall–Kier alpha value is -1.36. The predicted molar refractivity (Wildman–Crippen MR) is 74.7 cm³/mol. The van der Waals surface area contributed by atoms with Gasteiger partial charge < -0.3 is 10.0 Å². The highest BCUT2D eigenvalue weighted by atomic mass is 32.1. The van der Waals surface area contributed by atoms with Gasteiger partial charge in [-0.1, -0.05) is 12.8 Å². The van der Waals surface area contributed by atoms with Crippen LogP contribution in [0.2, 0.25) is 0 Å². The van der Waals surface area contributed by atoms with E-state index in [-0.39, 0.29) is 5.91 Å². The number of likely N-dealkylation sites (tertiary alicyclic amines) is 1. The minimum atomic E-state index is -0.889. The van der Waals surface area contributed by atoms with Crippen LogP contribution in [0, 0.1) is 13.8 Å². The highest BCUT2D eigenvalue weighted by Crippen LogP contribution is 2.25. The zero-order valence-electron chi connectivity index (χ0n) is 11.3. The molecular weight excluding hydrogens is 262 g/mol. The van der Waals surface area contributed by atoms with Gasteiger partial charge >= 0.3 is 5.97 Å². The second kappa shape index (κ2) is 5.74. The smallest absolute Gasteiger partial charge is 0.326 e. The first-order chi connectivity index (χ1) is 9.00. The number of thiophene rings is 1. The molecule has 0 saturated carbocycles. The molecule has 1 saturated heterocycles. The third kappa shape index (κ3) is 2.97. The Balaban J connectivity index is 2.28. The number of rotatable bonds is 2. The lowest BCUT2D eigenvalue weighted by molar-refractivity contribution is -0.142. The molecule has 1 aliphatic heterocycles. The molecule has 1 unspecified atom stereocenters. The molecule has 4 nitrogen and oxygen atoms in total. The highest BCUT2D eigenvalue weighted by molar-refractivity contribution is 7.12. The van der Waals surface area contributed by atoms with E-state index >= 15 is 0 Å². The molecule has 2 heterocycles. The molecule has 1 aromatic heterocycles. The first-order valence-electron chi connectivity index (χ1n) is 6.61. The van der Waals surface area contributed by atoms with Crippen LogP contribution >= 0.6 is 11.3 Å². The second-order valence-electron chi connectivity index (χ2n) is 5.03. The van der Waals surface area contributed by atoms with Gasteiger partial charge in [0.25, 0.3) is 5.91 Å². The van der Waals surface area contributed by atoms with Crippen molar-refractivity contribution >= 4 is 23.2 Å². The largest absolute Gasteiger partial charge is 0.480 e. The quantitative estimate of drug-likeness (QED) is 0.907. The molecule has 5 heteroatoms. The van der Waals surface area contributed by atoms with E-state index in [0.29, 0.717) is 18.5 Å². The van der Waals surface area contributed by atoms with E-state index in [0.717, 1.165) is 29.0 Å². The van der Waals surface area contributed by atoms with Crippen molar-refractivity contribution in [2.45, 2.75) is 45.6 Å². The summed E-state index contributed by atoms with van der Waals surface area (Å²) in [6.07, 6.45) is 3.32. The number of hydrogen-bond acceptors (Lipinski definition) is 3. The van der Waals surface area contributed by atoms with Gasteiger partial charge in [-0.15, -0.1) is 11.3 Å². The van der Waals surface area contributed by atoms with E-state index in [1.54, 1.807) is 16.2 Å². The molecule has 0 bridgehead atoms. The van der Waals surface area contributed by atoms with E-state index in [2.05, 4.69) is 0 Å². The summed E-state index contributed by atoms with van der Waals surface area (Å²) in [5.41, 5.74) is 0.663. The summed E-state index contributed by atoms with van der Waals surface area (Å²) in [5, 5.41) is 9.31. The SMILES string of the molecule is Cc1cc(C(=O)N2CCCCCC2C(=O)O)c(C)s1. The number of nitrogens with zero attached hydrogens (tertiary/aromatic N) is 1. The van der Waals surface area contributed by atoms with Crippen molar-refractivity contribution in [3.63, 3.8) is 0 Å². The van der Waals surface area contributed by atoms with E-state index in [1.807, 2.05) is 19.9 Å². The molecule has 19 heavy (non-hydrogen) atoms. The van der Waals surface area contributed by atoms with Gasteiger partial charge in [0.15, 0.2) is 0 Å². The molecule has 0 aromatic carbocycles. The molecule has 0 aliphatic carbocycles. The summed E-state index contributed by atoms with van der Waals surface area (Å²) in [5.74, 6) is -1.02. The molecule has 104 valence electrons. The molecule has 1 aliphatic rings. The lowest BCUT2D eigenvalue weighted by Gasteiger charge is -2.26. The Kier molecular flexibility index (Phi) is 4.24. The number of carbonyl (C=O) groups excluding carboxylic acids is 1. The summed E-state index contributed by atoms with van der Waals surface area (Å²) in [4.78, 5) is 27.5. The van der Waals surface area contributed by atoms with E-state index in [4.69, 9.17) is 0 Å². The first kappa shape index (κ1) is 14.1. The van der Waals surface area contributed by atoms with Gasteiger partial charge in [-0.2, -0.15) is 0 Å². The maximum Gasteiger partial charge on any atom is 0.326 e. The maximum absolute atomic E-state index is 12.6. The normalized spacial score (nSPS) is 20.1. The van der Waals surface area contributed by atoms with Gasteiger partial charge in [0.1, 0.15) is 6.04 Å². The van der Waals surface area contributed by atoms with Crippen LogP contribution in [0.15, 0.2) is 6.07 Å². The van der Waals surface area contributed by atoms with Gasteiger partial charge in [0.05, 0.1) is 5.56 Å².